The van der Waals surface area contributed by atoms with Gasteiger partial charge in [-0.1, -0.05) is 17.7 Å². The standard InChI is InChI=1S/C10H10ClN3O/c1-7-8(11)3-2-4-9(7)14-10(15)13-6-5-12/h2-4H,6H2,1H3,(H2,13,14,15). The summed E-state index contributed by atoms with van der Waals surface area (Å²) in [5.41, 5.74) is 1.43. The highest BCUT2D eigenvalue weighted by Crippen LogP contribution is 2.22. The summed E-state index contributed by atoms with van der Waals surface area (Å²) in [6, 6.07) is 6.63. The molecule has 78 valence electrons. The van der Waals surface area contributed by atoms with Crippen LogP contribution in [0.25, 0.3) is 0 Å². The maximum atomic E-state index is 11.2. The number of amides is 2. The second-order valence-corrected chi connectivity index (χ2v) is 3.29. The van der Waals surface area contributed by atoms with Gasteiger partial charge in [-0.2, -0.15) is 5.26 Å². The topological polar surface area (TPSA) is 64.9 Å². The molecule has 2 amide bonds. The monoisotopic (exact) mass is 223 g/mol. The fourth-order valence-electron chi connectivity index (χ4n) is 1.03. The molecule has 0 saturated carbocycles. The van der Waals surface area contributed by atoms with Crippen LogP contribution in [0.15, 0.2) is 18.2 Å². The van der Waals surface area contributed by atoms with Gasteiger partial charge in [-0.15, -0.1) is 0 Å². The Bertz CT molecular complexity index is 412. The highest BCUT2D eigenvalue weighted by molar-refractivity contribution is 6.31. The number of rotatable bonds is 2. The molecule has 4 nitrogen and oxygen atoms in total. The van der Waals surface area contributed by atoms with E-state index in [9.17, 15) is 4.79 Å². The SMILES string of the molecule is Cc1c(Cl)cccc1NC(=O)NCC#N. The molecule has 0 aliphatic carbocycles. The molecular weight excluding hydrogens is 214 g/mol. The van der Waals surface area contributed by atoms with E-state index in [1.165, 1.54) is 0 Å². The molecule has 0 bridgehead atoms. The number of hydrogen-bond donors (Lipinski definition) is 2. The minimum Gasteiger partial charge on any atom is -0.325 e. The maximum Gasteiger partial charge on any atom is 0.320 e. The predicted molar refractivity (Wildman–Crippen MR) is 58.8 cm³/mol. The second kappa shape index (κ2) is 5.23. The van der Waals surface area contributed by atoms with Gasteiger partial charge in [0.1, 0.15) is 6.54 Å². The number of carbonyl (C=O) groups excluding carboxylic acids is 1. The molecule has 0 aliphatic heterocycles. The molecule has 1 aromatic carbocycles. The van der Waals surface area contributed by atoms with Gasteiger partial charge in [-0.3, -0.25) is 0 Å². The molecular formula is C10H10ClN3O. The van der Waals surface area contributed by atoms with Gasteiger partial charge in [0.15, 0.2) is 0 Å². The normalized spacial score (nSPS) is 9.13. The first kappa shape index (κ1) is 11.3. The summed E-state index contributed by atoms with van der Waals surface area (Å²) >= 11 is 5.88. The zero-order valence-corrected chi connectivity index (χ0v) is 8.93. The lowest BCUT2D eigenvalue weighted by molar-refractivity contribution is 0.253. The van der Waals surface area contributed by atoms with Crippen LogP contribution in [-0.2, 0) is 0 Å². The molecule has 0 atom stereocenters. The number of carbonyl (C=O) groups is 1. The molecule has 5 heteroatoms. The van der Waals surface area contributed by atoms with E-state index in [2.05, 4.69) is 10.6 Å². The summed E-state index contributed by atoms with van der Waals surface area (Å²) in [6.07, 6.45) is 0. The van der Waals surface area contributed by atoms with Crippen molar-refractivity contribution in [1.29, 1.82) is 5.26 Å². The number of halogens is 1. The number of nitrogens with zero attached hydrogens (tertiary/aromatic N) is 1. The van der Waals surface area contributed by atoms with Crippen molar-refractivity contribution in [2.24, 2.45) is 0 Å². The molecule has 2 N–H and O–H groups in total. The molecule has 0 spiro atoms. The lowest BCUT2D eigenvalue weighted by Crippen LogP contribution is -2.29. The lowest BCUT2D eigenvalue weighted by atomic mass is 10.2. The molecule has 0 aliphatic rings. The highest BCUT2D eigenvalue weighted by Gasteiger charge is 2.05. The zero-order valence-electron chi connectivity index (χ0n) is 8.17. The molecule has 0 saturated heterocycles. The highest BCUT2D eigenvalue weighted by atomic mass is 35.5. The molecule has 15 heavy (non-hydrogen) atoms. The first-order valence-corrected chi connectivity index (χ1v) is 4.70. The number of nitriles is 1. The van der Waals surface area contributed by atoms with Crippen molar-refractivity contribution >= 4 is 23.3 Å². The Balaban J connectivity index is 2.69. The molecule has 1 aromatic rings. The van der Waals surface area contributed by atoms with Gasteiger partial charge in [0.2, 0.25) is 0 Å². The van der Waals surface area contributed by atoms with Crippen LogP contribution in [-0.4, -0.2) is 12.6 Å². The fraction of sp³-hybridized carbons (Fsp3) is 0.200. The largest absolute Gasteiger partial charge is 0.325 e. The van der Waals surface area contributed by atoms with Crippen LogP contribution < -0.4 is 10.6 Å². The van der Waals surface area contributed by atoms with Crippen LogP contribution in [0.5, 0.6) is 0 Å². The van der Waals surface area contributed by atoms with Gasteiger partial charge < -0.3 is 10.6 Å². The summed E-state index contributed by atoms with van der Waals surface area (Å²) in [6.45, 7) is 1.79. The van der Waals surface area contributed by atoms with Crippen molar-refractivity contribution in [2.45, 2.75) is 6.92 Å². The lowest BCUT2D eigenvalue weighted by Gasteiger charge is -2.08. The Labute approximate surface area is 92.8 Å². The fourth-order valence-corrected chi connectivity index (χ4v) is 1.20. The van der Waals surface area contributed by atoms with E-state index >= 15 is 0 Å². The van der Waals surface area contributed by atoms with Crippen LogP contribution in [0.1, 0.15) is 5.56 Å². The average Bonchev–Trinajstić information content (AvgIpc) is 2.22. The van der Waals surface area contributed by atoms with E-state index in [0.717, 1.165) is 5.56 Å². The van der Waals surface area contributed by atoms with E-state index in [-0.39, 0.29) is 6.54 Å². The van der Waals surface area contributed by atoms with Gasteiger partial charge >= 0.3 is 6.03 Å². The molecule has 0 fully saturated rings. The number of benzene rings is 1. The third-order valence-corrected chi connectivity index (χ3v) is 2.25. The quantitative estimate of drug-likeness (QED) is 0.756. The van der Waals surface area contributed by atoms with Crippen LogP contribution in [0, 0.1) is 18.3 Å². The number of urea groups is 1. The zero-order chi connectivity index (χ0) is 11.3. The minimum atomic E-state index is -0.415. The van der Waals surface area contributed by atoms with E-state index in [1.807, 2.05) is 13.0 Å². The molecule has 1 rings (SSSR count). The Hall–Kier alpha value is -1.73. The summed E-state index contributed by atoms with van der Waals surface area (Å²) < 4.78 is 0. The average molecular weight is 224 g/mol. The Morgan fingerprint density at radius 1 is 1.60 bits per heavy atom. The van der Waals surface area contributed by atoms with Gasteiger partial charge in [0, 0.05) is 10.7 Å². The van der Waals surface area contributed by atoms with Crippen LogP contribution >= 0.6 is 11.6 Å². The minimum absolute atomic E-state index is 0.0224. The number of anilines is 1. The summed E-state index contributed by atoms with van der Waals surface area (Å²) in [7, 11) is 0. The number of hydrogen-bond acceptors (Lipinski definition) is 2. The van der Waals surface area contributed by atoms with Gasteiger partial charge in [-0.05, 0) is 24.6 Å². The van der Waals surface area contributed by atoms with Crippen molar-refractivity contribution < 1.29 is 4.79 Å². The van der Waals surface area contributed by atoms with Crippen LogP contribution in [0.4, 0.5) is 10.5 Å². The van der Waals surface area contributed by atoms with Crippen molar-refractivity contribution in [3.05, 3.63) is 28.8 Å². The van der Waals surface area contributed by atoms with Crippen molar-refractivity contribution in [3.8, 4) is 6.07 Å². The summed E-state index contributed by atoms with van der Waals surface area (Å²) in [4.78, 5) is 11.2. The molecule has 0 aromatic heterocycles. The number of nitrogens with one attached hydrogen (secondary N) is 2. The van der Waals surface area contributed by atoms with Crippen molar-refractivity contribution in [3.63, 3.8) is 0 Å². The Kier molecular flexibility index (Phi) is 3.95. The maximum absolute atomic E-state index is 11.2. The van der Waals surface area contributed by atoms with Crippen LogP contribution in [0.2, 0.25) is 5.02 Å². The Morgan fingerprint density at radius 2 is 2.33 bits per heavy atom. The van der Waals surface area contributed by atoms with E-state index in [4.69, 9.17) is 16.9 Å². The third-order valence-electron chi connectivity index (χ3n) is 1.84. The first-order chi connectivity index (χ1) is 7.15. The van der Waals surface area contributed by atoms with E-state index in [1.54, 1.807) is 18.2 Å². The van der Waals surface area contributed by atoms with Gasteiger partial charge in [-0.25, -0.2) is 4.79 Å². The Morgan fingerprint density at radius 3 is 3.00 bits per heavy atom. The first-order valence-electron chi connectivity index (χ1n) is 4.32. The second-order valence-electron chi connectivity index (χ2n) is 2.88. The van der Waals surface area contributed by atoms with Crippen molar-refractivity contribution in [2.75, 3.05) is 11.9 Å². The summed E-state index contributed by atoms with van der Waals surface area (Å²) in [5, 5.41) is 13.8. The molecule has 0 unspecified atom stereocenters. The smallest absolute Gasteiger partial charge is 0.320 e. The van der Waals surface area contributed by atoms with Gasteiger partial charge in [0.05, 0.1) is 6.07 Å². The van der Waals surface area contributed by atoms with E-state index < -0.39 is 6.03 Å². The molecule has 0 radical (unpaired) electrons. The predicted octanol–water partition coefficient (Wildman–Crippen LogP) is 2.29. The summed E-state index contributed by atoms with van der Waals surface area (Å²) in [5.74, 6) is 0. The van der Waals surface area contributed by atoms with Gasteiger partial charge in [0.25, 0.3) is 0 Å². The third kappa shape index (κ3) is 3.15. The van der Waals surface area contributed by atoms with E-state index in [0.29, 0.717) is 10.7 Å². The molecule has 0 heterocycles. The van der Waals surface area contributed by atoms with Crippen LogP contribution in [0.3, 0.4) is 0 Å². The van der Waals surface area contributed by atoms with Crippen molar-refractivity contribution in [1.82, 2.24) is 5.32 Å².